The van der Waals surface area contributed by atoms with Crippen LogP contribution in [-0.4, -0.2) is 36.9 Å². The molecule has 0 fully saturated rings. The van der Waals surface area contributed by atoms with Gasteiger partial charge in [-0.1, -0.05) is 42.7 Å². The Bertz CT molecular complexity index is 1250. The number of hydrogen-bond acceptors (Lipinski definition) is 5. The normalized spacial score (nSPS) is 11.7. The van der Waals surface area contributed by atoms with Crippen molar-refractivity contribution in [2.24, 2.45) is 0 Å². The summed E-state index contributed by atoms with van der Waals surface area (Å²) < 4.78 is 46.9. The zero-order valence-corrected chi connectivity index (χ0v) is 19.6. The number of benzene rings is 2. The molecule has 0 radical (unpaired) electrons. The number of aromatic nitrogens is 1. The van der Waals surface area contributed by atoms with Crippen LogP contribution in [0.15, 0.2) is 45.8 Å². The van der Waals surface area contributed by atoms with E-state index in [1.165, 1.54) is 35.5 Å². The first-order valence-electron chi connectivity index (χ1n) is 9.94. The van der Waals surface area contributed by atoms with Crippen molar-refractivity contribution in [2.75, 3.05) is 18.4 Å². The molecule has 0 atom stereocenters. The summed E-state index contributed by atoms with van der Waals surface area (Å²) in [5.74, 6) is -1.11. The highest BCUT2D eigenvalue weighted by Crippen LogP contribution is 2.34. The number of hydrogen-bond donors (Lipinski definition) is 1. The van der Waals surface area contributed by atoms with E-state index >= 15 is 0 Å². The van der Waals surface area contributed by atoms with Gasteiger partial charge >= 0.3 is 0 Å². The molecular weight excluding hydrogens is 457 g/mol. The number of carbonyl (C=O) groups excluding carboxylic acids is 1. The van der Waals surface area contributed by atoms with Crippen LogP contribution in [0.3, 0.4) is 0 Å². The number of amides is 1. The van der Waals surface area contributed by atoms with Crippen LogP contribution in [0, 0.1) is 19.7 Å². The Morgan fingerprint density at radius 3 is 2.50 bits per heavy atom. The average molecular weight is 480 g/mol. The number of aryl methyl sites for hydroxylation is 2. The molecular formula is C22H23ClFN3O4S. The third-order valence-corrected chi connectivity index (χ3v) is 7.57. The Morgan fingerprint density at radius 1 is 1.19 bits per heavy atom. The molecule has 1 heterocycles. The van der Waals surface area contributed by atoms with Gasteiger partial charge < -0.3 is 9.84 Å². The van der Waals surface area contributed by atoms with Gasteiger partial charge in [0.25, 0.3) is 5.91 Å². The second kappa shape index (κ2) is 9.40. The van der Waals surface area contributed by atoms with Gasteiger partial charge in [-0.05, 0) is 43.7 Å². The number of nitrogens with one attached hydrogen (secondary N) is 1. The fourth-order valence-corrected chi connectivity index (χ4v) is 5.35. The molecule has 1 N–H and O–H groups in total. The van der Waals surface area contributed by atoms with Gasteiger partial charge in [-0.3, -0.25) is 4.79 Å². The fraction of sp³-hybridized carbons (Fsp3) is 0.273. The van der Waals surface area contributed by atoms with E-state index in [4.69, 9.17) is 16.1 Å². The third-order valence-electron chi connectivity index (χ3n) is 5.06. The zero-order valence-electron chi connectivity index (χ0n) is 18.1. The SMILES string of the molecule is CCN(CC)S(=O)(=O)c1cc(NC(=O)c2c(-c3c(F)cccc3Cl)noc2C)ccc1C. The second-order valence-corrected chi connectivity index (χ2v) is 9.40. The molecule has 1 aromatic heterocycles. The van der Waals surface area contributed by atoms with E-state index in [-0.39, 0.29) is 38.2 Å². The first-order valence-corrected chi connectivity index (χ1v) is 11.8. The van der Waals surface area contributed by atoms with E-state index < -0.39 is 21.7 Å². The van der Waals surface area contributed by atoms with Crippen LogP contribution in [0.25, 0.3) is 11.3 Å². The highest BCUT2D eigenvalue weighted by molar-refractivity contribution is 7.89. The summed E-state index contributed by atoms with van der Waals surface area (Å²) in [4.78, 5) is 13.2. The number of nitrogens with zero attached hydrogens (tertiary/aromatic N) is 2. The third kappa shape index (κ3) is 4.41. The van der Waals surface area contributed by atoms with E-state index in [1.807, 2.05) is 0 Å². The maximum absolute atomic E-state index is 14.4. The Labute approximate surface area is 191 Å². The molecule has 10 heteroatoms. The van der Waals surface area contributed by atoms with Crippen LogP contribution in [0.2, 0.25) is 5.02 Å². The van der Waals surface area contributed by atoms with Crippen LogP contribution >= 0.6 is 11.6 Å². The van der Waals surface area contributed by atoms with Crippen molar-refractivity contribution in [2.45, 2.75) is 32.6 Å². The fourth-order valence-electron chi connectivity index (χ4n) is 3.39. The van der Waals surface area contributed by atoms with E-state index in [9.17, 15) is 17.6 Å². The molecule has 0 aliphatic rings. The monoisotopic (exact) mass is 479 g/mol. The molecule has 0 aliphatic carbocycles. The largest absolute Gasteiger partial charge is 0.360 e. The Hall–Kier alpha value is -2.75. The van der Waals surface area contributed by atoms with Gasteiger partial charge in [0.15, 0.2) is 0 Å². The molecule has 32 heavy (non-hydrogen) atoms. The van der Waals surface area contributed by atoms with Gasteiger partial charge in [-0.15, -0.1) is 0 Å². The van der Waals surface area contributed by atoms with Gasteiger partial charge in [-0.25, -0.2) is 12.8 Å². The number of anilines is 1. The van der Waals surface area contributed by atoms with E-state index in [0.717, 1.165) is 0 Å². The minimum absolute atomic E-state index is 0.00530. The molecule has 170 valence electrons. The van der Waals surface area contributed by atoms with Gasteiger partial charge in [-0.2, -0.15) is 4.31 Å². The van der Waals surface area contributed by atoms with Crippen molar-refractivity contribution in [1.29, 1.82) is 0 Å². The molecule has 1 amide bonds. The topological polar surface area (TPSA) is 92.5 Å². The maximum atomic E-state index is 14.4. The summed E-state index contributed by atoms with van der Waals surface area (Å²) in [5.41, 5.74) is 0.731. The average Bonchev–Trinajstić information content (AvgIpc) is 3.11. The lowest BCUT2D eigenvalue weighted by atomic mass is 10.0. The van der Waals surface area contributed by atoms with Crippen LogP contribution in [0.1, 0.15) is 35.5 Å². The van der Waals surface area contributed by atoms with Crippen molar-refractivity contribution >= 4 is 33.2 Å². The molecule has 0 saturated carbocycles. The van der Waals surface area contributed by atoms with Crippen molar-refractivity contribution in [3.05, 3.63) is 64.1 Å². The number of halogens is 2. The molecule has 0 aliphatic heterocycles. The van der Waals surface area contributed by atoms with Crippen molar-refractivity contribution in [1.82, 2.24) is 9.46 Å². The Kier molecular flexibility index (Phi) is 7.02. The lowest BCUT2D eigenvalue weighted by molar-refractivity contribution is 0.102. The molecule has 0 saturated heterocycles. The Morgan fingerprint density at radius 2 is 1.88 bits per heavy atom. The Balaban J connectivity index is 2.01. The van der Waals surface area contributed by atoms with Gasteiger partial charge in [0.2, 0.25) is 10.0 Å². The smallest absolute Gasteiger partial charge is 0.261 e. The summed E-state index contributed by atoms with van der Waals surface area (Å²) in [6.45, 7) is 7.36. The van der Waals surface area contributed by atoms with Crippen LogP contribution < -0.4 is 5.32 Å². The van der Waals surface area contributed by atoms with Crippen LogP contribution in [0.4, 0.5) is 10.1 Å². The highest BCUT2D eigenvalue weighted by Gasteiger charge is 2.27. The minimum atomic E-state index is -3.73. The predicted molar refractivity (Wildman–Crippen MR) is 121 cm³/mol. The standard InChI is InChI=1S/C22H23ClFN3O4S/c1-5-27(6-2)32(29,30)18-12-15(11-10-13(18)3)25-22(28)19-14(4)31-26-21(19)20-16(23)8-7-9-17(20)24/h7-12H,5-6H2,1-4H3,(H,25,28). The number of carbonyl (C=O) groups is 1. The minimum Gasteiger partial charge on any atom is -0.360 e. The lowest BCUT2D eigenvalue weighted by Crippen LogP contribution is -2.31. The molecule has 3 aromatic rings. The summed E-state index contributed by atoms with van der Waals surface area (Å²) in [7, 11) is -3.73. The van der Waals surface area contributed by atoms with Crippen LogP contribution in [0.5, 0.6) is 0 Å². The molecule has 0 spiro atoms. The van der Waals surface area contributed by atoms with E-state index in [1.54, 1.807) is 32.9 Å². The number of sulfonamides is 1. The summed E-state index contributed by atoms with van der Waals surface area (Å²) in [6, 6.07) is 8.74. The van der Waals surface area contributed by atoms with Crippen molar-refractivity contribution in [3.63, 3.8) is 0 Å². The molecule has 0 bridgehead atoms. The highest BCUT2D eigenvalue weighted by atomic mass is 35.5. The van der Waals surface area contributed by atoms with E-state index in [0.29, 0.717) is 18.7 Å². The second-order valence-electron chi connectivity index (χ2n) is 7.08. The quantitative estimate of drug-likeness (QED) is 0.512. The predicted octanol–water partition coefficient (Wildman–Crippen LogP) is 5.03. The first kappa shape index (κ1) is 23.9. The molecule has 2 aromatic carbocycles. The lowest BCUT2D eigenvalue weighted by Gasteiger charge is -2.20. The molecule has 3 rings (SSSR count). The van der Waals surface area contributed by atoms with Gasteiger partial charge in [0.05, 0.1) is 15.5 Å². The molecule has 0 unspecified atom stereocenters. The van der Waals surface area contributed by atoms with E-state index in [2.05, 4.69) is 10.5 Å². The summed E-state index contributed by atoms with van der Waals surface area (Å²) >= 11 is 6.13. The molecule has 7 nitrogen and oxygen atoms in total. The van der Waals surface area contributed by atoms with Gasteiger partial charge in [0, 0.05) is 18.8 Å². The first-order chi connectivity index (χ1) is 15.1. The van der Waals surface area contributed by atoms with Crippen LogP contribution in [-0.2, 0) is 10.0 Å². The summed E-state index contributed by atoms with van der Waals surface area (Å²) in [6.07, 6.45) is 0. The maximum Gasteiger partial charge on any atom is 0.261 e. The van der Waals surface area contributed by atoms with Gasteiger partial charge in [0.1, 0.15) is 22.8 Å². The number of rotatable bonds is 7. The van der Waals surface area contributed by atoms with Crippen molar-refractivity contribution in [3.8, 4) is 11.3 Å². The summed E-state index contributed by atoms with van der Waals surface area (Å²) in [5, 5.41) is 6.56. The van der Waals surface area contributed by atoms with Crippen molar-refractivity contribution < 1.29 is 22.1 Å². The zero-order chi connectivity index (χ0) is 23.6.